The number of nitrogens with one attached hydrogen (secondary N) is 2. The maximum atomic E-state index is 11.8. The van der Waals surface area contributed by atoms with Crippen LogP contribution in [-0.4, -0.2) is 35.9 Å². The van der Waals surface area contributed by atoms with Gasteiger partial charge in [-0.2, -0.15) is 0 Å². The van der Waals surface area contributed by atoms with Gasteiger partial charge in [-0.1, -0.05) is 23.7 Å². The molecule has 0 unspecified atom stereocenters. The summed E-state index contributed by atoms with van der Waals surface area (Å²) in [6.07, 6.45) is 1.35. The zero-order valence-electron chi connectivity index (χ0n) is 12.8. The van der Waals surface area contributed by atoms with E-state index in [2.05, 4.69) is 31.5 Å². The number of amides is 2. The van der Waals surface area contributed by atoms with Gasteiger partial charge < -0.3 is 15.4 Å². The van der Waals surface area contributed by atoms with Crippen molar-refractivity contribution in [1.29, 1.82) is 0 Å². The summed E-state index contributed by atoms with van der Waals surface area (Å²) < 4.78 is 5.56. The van der Waals surface area contributed by atoms with Crippen LogP contribution in [0.25, 0.3) is 0 Å². The van der Waals surface area contributed by atoms with Crippen molar-refractivity contribution in [2.24, 2.45) is 0 Å². The molecule has 0 fully saturated rings. The van der Waals surface area contributed by atoms with Crippen LogP contribution in [0, 0.1) is 0 Å². The first-order valence-corrected chi connectivity index (χ1v) is 8.22. The molecule has 2 N–H and O–H groups in total. The number of aromatic nitrogens is 1. The topological polar surface area (TPSA) is 97.4 Å². The van der Waals surface area contributed by atoms with Gasteiger partial charge in [0.05, 0.1) is 17.8 Å². The summed E-state index contributed by atoms with van der Waals surface area (Å²) in [4.78, 5) is 38.9. The van der Waals surface area contributed by atoms with Crippen LogP contribution in [0.2, 0.25) is 5.15 Å². The molecule has 1 heterocycles. The van der Waals surface area contributed by atoms with Crippen LogP contribution in [0.3, 0.4) is 0 Å². The third kappa shape index (κ3) is 6.17. The van der Waals surface area contributed by atoms with E-state index < -0.39 is 24.4 Å². The van der Waals surface area contributed by atoms with Crippen LogP contribution >= 0.6 is 27.5 Å². The lowest BCUT2D eigenvalue weighted by Crippen LogP contribution is -2.35. The smallest absolute Gasteiger partial charge is 0.338 e. The molecule has 1 aromatic carbocycles. The number of carbonyl (C=O) groups is 3. The minimum atomic E-state index is -0.711. The van der Waals surface area contributed by atoms with Crippen LogP contribution in [0.4, 0.5) is 5.69 Å². The van der Waals surface area contributed by atoms with Gasteiger partial charge in [0.15, 0.2) is 6.61 Å². The summed E-state index contributed by atoms with van der Waals surface area (Å²) in [6.45, 7) is -0.764. The zero-order chi connectivity index (χ0) is 18.2. The van der Waals surface area contributed by atoms with Crippen molar-refractivity contribution < 1.29 is 19.1 Å². The van der Waals surface area contributed by atoms with E-state index in [9.17, 15) is 14.4 Å². The van der Waals surface area contributed by atoms with E-state index in [-0.39, 0.29) is 17.3 Å². The summed E-state index contributed by atoms with van der Waals surface area (Å²) in [7, 11) is 0. The maximum Gasteiger partial charge on any atom is 0.338 e. The molecule has 0 atom stereocenters. The third-order valence-electron chi connectivity index (χ3n) is 2.89. The zero-order valence-corrected chi connectivity index (χ0v) is 15.1. The molecule has 0 saturated heterocycles. The van der Waals surface area contributed by atoms with Gasteiger partial charge in [0.2, 0.25) is 5.91 Å². The van der Waals surface area contributed by atoms with Crippen molar-refractivity contribution >= 4 is 51.0 Å². The van der Waals surface area contributed by atoms with Crippen LogP contribution < -0.4 is 10.6 Å². The summed E-state index contributed by atoms with van der Waals surface area (Å²) in [5, 5.41) is 5.13. The number of anilines is 1. The molecule has 0 bridgehead atoms. The van der Waals surface area contributed by atoms with Crippen molar-refractivity contribution in [1.82, 2.24) is 10.3 Å². The number of carbonyl (C=O) groups excluding carboxylic acids is 3. The van der Waals surface area contributed by atoms with Crippen molar-refractivity contribution in [2.45, 2.75) is 0 Å². The van der Waals surface area contributed by atoms with Gasteiger partial charge in [-0.15, -0.1) is 0 Å². The molecular weight excluding hydrogens is 414 g/mol. The van der Waals surface area contributed by atoms with E-state index in [4.69, 9.17) is 16.3 Å². The largest absolute Gasteiger partial charge is 0.452 e. The molecule has 2 rings (SSSR count). The highest BCUT2D eigenvalue weighted by Gasteiger charge is 2.12. The van der Waals surface area contributed by atoms with Gasteiger partial charge in [0, 0.05) is 10.7 Å². The van der Waals surface area contributed by atoms with Crippen LogP contribution in [0.15, 0.2) is 47.1 Å². The predicted molar refractivity (Wildman–Crippen MR) is 95.3 cm³/mol. The van der Waals surface area contributed by atoms with Gasteiger partial charge >= 0.3 is 5.97 Å². The molecule has 0 aliphatic rings. The van der Waals surface area contributed by atoms with Crippen LogP contribution in [0.1, 0.15) is 10.4 Å². The Balaban J connectivity index is 1.74. The molecule has 0 aliphatic heterocycles. The molecule has 0 radical (unpaired) electrons. The Bertz CT molecular complexity index is 800. The van der Waals surface area contributed by atoms with Gasteiger partial charge in [-0.25, -0.2) is 9.78 Å². The second-order valence-electron chi connectivity index (χ2n) is 4.75. The molecule has 25 heavy (non-hydrogen) atoms. The molecule has 1 aromatic heterocycles. The van der Waals surface area contributed by atoms with Gasteiger partial charge in [0.25, 0.3) is 5.91 Å². The number of hydrogen-bond acceptors (Lipinski definition) is 5. The number of ether oxygens (including phenoxy) is 1. The van der Waals surface area contributed by atoms with Crippen LogP contribution in [-0.2, 0) is 14.3 Å². The summed E-state index contributed by atoms with van der Waals surface area (Å²) >= 11 is 8.97. The van der Waals surface area contributed by atoms with E-state index >= 15 is 0 Å². The maximum absolute atomic E-state index is 11.8. The number of rotatable bonds is 6. The SMILES string of the molecule is O=C(COC(=O)c1ccnc(Cl)c1)NCC(=O)Nc1ccccc1Br. The Morgan fingerprint density at radius 1 is 1.16 bits per heavy atom. The first kappa shape index (κ1) is 18.9. The number of para-hydroxylation sites is 1. The molecule has 2 amide bonds. The number of halogens is 2. The lowest BCUT2D eigenvalue weighted by atomic mass is 10.3. The standard InChI is InChI=1S/C16H13BrClN3O4/c17-11-3-1-2-4-12(11)21-14(22)8-20-15(23)9-25-16(24)10-5-6-19-13(18)7-10/h1-7H,8-9H2,(H,20,23)(H,21,22). The first-order valence-electron chi connectivity index (χ1n) is 7.05. The monoisotopic (exact) mass is 425 g/mol. The molecule has 0 aliphatic carbocycles. The van der Waals surface area contributed by atoms with E-state index in [1.54, 1.807) is 18.2 Å². The quantitative estimate of drug-likeness (QED) is 0.546. The second-order valence-corrected chi connectivity index (χ2v) is 5.99. The Kier molecular flexibility index (Phi) is 6.91. The van der Waals surface area contributed by atoms with Gasteiger partial charge in [-0.05, 0) is 40.2 Å². The fourth-order valence-electron chi connectivity index (χ4n) is 1.73. The second kappa shape index (κ2) is 9.14. The average molecular weight is 427 g/mol. The molecule has 9 heteroatoms. The van der Waals surface area contributed by atoms with E-state index in [0.717, 1.165) is 4.47 Å². The van der Waals surface area contributed by atoms with Crippen molar-refractivity contribution in [3.63, 3.8) is 0 Å². The van der Waals surface area contributed by atoms with Gasteiger partial charge in [-0.3, -0.25) is 9.59 Å². The Morgan fingerprint density at radius 2 is 1.92 bits per heavy atom. The lowest BCUT2D eigenvalue weighted by Gasteiger charge is -2.09. The average Bonchev–Trinajstić information content (AvgIpc) is 2.60. The molecule has 130 valence electrons. The van der Waals surface area contributed by atoms with Crippen LogP contribution in [0.5, 0.6) is 0 Å². The highest BCUT2D eigenvalue weighted by Crippen LogP contribution is 2.20. The molecule has 0 saturated carbocycles. The summed E-state index contributed by atoms with van der Waals surface area (Å²) in [5.41, 5.74) is 0.766. The first-order chi connectivity index (χ1) is 12.0. The highest BCUT2D eigenvalue weighted by molar-refractivity contribution is 9.10. The van der Waals surface area contributed by atoms with Crippen molar-refractivity contribution in [2.75, 3.05) is 18.5 Å². The van der Waals surface area contributed by atoms with Gasteiger partial charge in [0.1, 0.15) is 5.15 Å². The molecule has 7 nitrogen and oxygen atoms in total. The predicted octanol–water partition coefficient (Wildman–Crippen LogP) is 2.41. The van der Waals surface area contributed by atoms with E-state index in [1.165, 1.54) is 18.3 Å². The van der Waals surface area contributed by atoms with E-state index in [1.807, 2.05) is 6.07 Å². The summed E-state index contributed by atoms with van der Waals surface area (Å²) in [6, 6.07) is 9.81. The number of pyridine rings is 1. The lowest BCUT2D eigenvalue weighted by molar-refractivity contribution is -0.126. The minimum absolute atomic E-state index is 0.141. The summed E-state index contributed by atoms with van der Waals surface area (Å²) in [5.74, 6) is -1.72. The number of nitrogens with zero attached hydrogens (tertiary/aromatic N) is 1. The number of esters is 1. The van der Waals surface area contributed by atoms with Crippen molar-refractivity contribution in [3.8, 4) is 0 Å². The minimum Gasteiger partial charge on any atom is -0.452 e. The fraction of sp³-hybridized carbons (Fsp3) is 0.125. The highest BCUT2D eigenvalue weighted by atomic mass is 79.9. The molecule has 2 aromatic rings. The fourth-order valence-corrected chi connectivity index (χ4v) is 2.29. The van der Waals surface area contributed by atoms with E-state index in [0.29, 0.717) is 5.69 Å². The molecule has 0 spiro atoms. The molecular formula is C16H13BrClN3O4. The normalized spacial score (nSPS) is 10.0. The Labute approximate surface area is 156 Å². The third-order valence-corrected chi connectivity index (χ3v) is 3.79. The Morgan fingerprint density at radius 3 is 2.64 bits per heavy atom. The van der Waals surface area contributed by atoms with Crippen molar-refractivity contribution in [3.05, 3.63) is 57.8 Å². The Hall–Kier alpha value is -2.45. The number of benzene rings is 1. The number of hydrogen-bond donors (Lipinski definition) is 2.